The molecule has 0 aliphatic heterocycles. The standard InChI is InChI=1S/C17H26N2O3/c1-19(11-15-4-3-5-16(15)20)17(21)18-10-13-6-8-14(9-7-13)12-22-2/h6-9,15-16,20H,3-5,10-12H2,1-2H3,(H,18,21). The van der Waals surface area contributed by atoms with Crippen LogP contribution in [0.4, 0.5) is 4.79 Å². The number of rotatable bonds is 6. The molecule has 5 heteroatoms. The van der Waals surface area contributed by atoms with Gasteiger partial charge in [-0.25, -0.2) is 4.79 Å². The number of urea groups is 1. The van der Waals surface area contributed by atoms with Gasteiger partial charge in [0.1, 0.15) is 0 Å². The average molecular weight is 306 g/mol. The fourth-order valence-corrected chi connectivity index (χ4v) is 2.90. The van der Waals surface area contributed by atoms with Crippen LogP contribution < -0.4 is 5.32 Å². The van der Waals surface area contributed by atoms with Crippen LogP contribution in [0.25, 0.3) is 0 Å². The predicted molar refractivity (Wildman–Crippen MR) is 85.4 cm³/mol. The molecule has 1 aromatic carbocycles. The van der Waals surface area contributed by atoms with Crippen molar-refractivity contribution in [1.82, 2.24) is 10.2 Å². The van der Waals surface area contributed by atoms with Crippen LogP contribution in [0.5, 0.6) is 0 Å². The Bertz CT molecular complexity index is 475. The number of amides is 2. The maximum absolute atomic E-state index is 12.1. The van der Waals surface area contributed by atoms with Crippen molar-refractivity contribution in [3.05, 3.63) is 35.4 Å². The van der Waals surface area contributed by atoms with Gasteiger partial charge in [-0.15, -0.1) is 0 Å². The first-order valence-electron chi connectivity index (χ1n) is 7.84. The molecule has 22 heavy (non-hydrogen) atoms. The first-order chi connectivity index (χ1) is 10.6. The Kier molecular flexibility index (Phi) is 6.21. The van der Waals surface area contributed by atoms with Crippen LogP contribution in [0.1, 0.15) is 30.4 Å². The zero-order chi connectivity index (χ0) is 15.9. The number of ether oxygens (including phenoxy) is 1. The predicted octanol–water partition coefficient (Wildman–Crippen LogP) is 2.14. The van der Waals surface area contributed by atoms with Gasteiger partial charge in [0.25, 0.3) is 0 Å². The second-order valence-electron chi connectivity index (χ2n) is 6.05. The summed E-state index contributed by atoms with van der Waals surface area (Å²) in [6.07, 6.45) is 2.64. The van der Waals surface area contributed by atoms with E-state index in [1.807, 2.05) is 24.3 Å². The molecule has 0 heterocycles. The first kappa shape index (κ1) is 16.8. The largest absolute Gasteiger partial charge is 0.393 e. The van der Waals surface area contributed by atoms with E-state index < -0.39 is 0 Å². The third-order valence-corrected chi connectivity index (χ3v) is 4.25. The highest BCUT2D eigenvalue weighted by Crippen LogP contribution is 2.25. The molecule has 2 atom stereocenters. The van der Waals surface area contributed by atoms with Gasteiger partial charge in [0.2, 0.25) is 0 Å². The van der Waals surface area contributed by atoms with Crippen LogP contribution in [-0.4, -0.2) is 42.8 Å². The van der Waals surface area contributed by atoms with Crippen LogP contribution in [0.3, 0.4) is 0 Å². The van der Waals surface area contributed by atoms with Crippen molar-refractivity contribution in [2.24, 2.45) is 5.92 Å². The molecule has 2 unspecified atom stereocenters. The Balaban J connectivity index is 1.76. The van der Waals surface area contributed by atoms with E-state index in [0.29, 0.717) is 19.7 Å². The van der Waals surface area contributed by atoms with Crippen molar-refractivity contribution in [3.8, 4) is 0 Å². The normalized spacial score (nSPS) is 20.9. The van der Waals surface area contributed by atoms with Gasteiger partial charge in [-0.2, -0.15) is 0 Å². The number of aliphatic hydroxyl groups is 1. The van der Waals surface area contributed by atoms with Crippen LogP contribution in [0.2, 0.25) is 0 Å². The quantitative estimate of drug-likeness (QED) is 0.846. The molecule has 122 valence electrons. The van der Waals surface area contributed by atoms with Crippen molar-refractivity contribution in [2.75, 3.05) is 20.7 Å². The van der Waals surface area contributed by atoms with E-state index in [1.54, 1.807) is 19.1 Å². The zero-order valence-electron chi connectivity index (χ0n) is 13.4. The van der Waals surface area contributed by atoms with Gasteiger partial charge in [0.15, 0.2) is 0 Å². The summed E-state index contributed by atoms with van der Waals surface area (Å²) >= 11 is 0. The zero-order valence-corrected chi connectivity index (χ0v) is 13.4. The van der Waals surface area contributed by atoms with Gasteiger partial charge >= 0.3 is 6.03 Å². The first-order valence-corrected chi connectivity index (χ1v) is 7.84. The Morgan fingerprint density at radius 3 is 2.59 bits per heavy atom. The Morgan fingerprint density at radius 1 is 1.32 bits per heavy atom. The molecular formula is C17H26N2O3. The van der Waals surface area contributed by atoms with Crippen LogP contribution in [0.15, 0.2) is 24.3 Å². The van der Waals surface area contributed by atoms with E-state index in [4.69, 9.17) is 4.74 Å². The maximum Gasteiger partial charge on any atom is 0.317 e. The highest BCUT2D eigenvalue weighted by molar-refractivity contribution is 5.73. The number of aliphatic hydroxyl groups excluding tert-OH is 1. The average Bonchev–Trinajstić information content (AvgIpc) is 2.91. The molecule has 0 spiro atoms. The van der Waals surface area contributed by atoms with E-state index in [-0.39, 0.29) is 18.1 Å². The summed E-state index contributed by atoms with van der Waals surface area (Å²) in [5.74, 6) is 0.212. The Hall–Kier alpha value is -1.59. The lowest BCUT2D eigenvalue weighted by Gasteiger charge is -2.23. The summed E-state index contributed by atoms with van der Waals surface area (Å²) in [5, 5.41) is 12.7. The van der Waals surface area contributed by atoms with Crippen molar-refractivity contribution in [3.63, 3.8) is 0 Å². The van der Waals surface area contributed by atoms with Crippen LogP contribution >= 0.6 is 0 Å². The molecule has 0 aromatic heterocycles. The lowest BCUT2D eigenvalue weighted by atomic mass is 10.1. The molecule has 1 aliphatic carbocycles. The number of methoxy groups -OCH3 is 1. The van der Waals surface area contributed by atoms with Crippen LogP contribution in [-0.2, 0) is 17.9 Å². The van der Waals surface area contributed by atoms with Crippen molar-refractivity contribution >= 4 is 6.03 Å². The number of carbonyl (C=O) groups excluding carboxylic acids is 1. The lowest BCUT2D eigenvalue weighted by Crippen LogP contribution is -2.40. The summed E-state index contributed by atoms with van der Waals surface area (Å²) in [5.41, 5.74) is 2.17. The highest BCUT2D eigenvalue weighted by Gasteiger charge is 2.27. The van der Waals surface area contributed by atoms with Gasteiger partial charge in [0.05, 0.1) is 12.7 Å². The minimum atomic E-state index is -0.261. The Labute approximate surface area is 132 Å². The number of nitrogens with one attached hydrogen (secondary N) is 1. The number of hydrogen-bond acceptors (Lipinski definition) is 3. The minimum Gasteiger partial charge on any atom is -0.393 e. The SMILES string of the molecule is COCc1ccc(CNC(=O)N(C)CC2CCCC2O)cc1. The summed E-state index contributed by atoms with van der Waals surface area (Å²) in [4.78, 5) is 13.8. The molecule has 1 saturated carbocycles. The second-order valence-corrected chi connectivity index (χ2v) is 6.05. The maximum atomic E-state index is 12.1. The number of hydrogen-bond donors (Lipinski definition) is 2. The number of carbonyl (C=O) groups is 1. The molecule has 2 rings (SSSR count). The molecule has 1 aromatic rings. The van der Waals surface area contributed by atoms with Crippen LogP contribution in [0, 0.1) is 5.92 Å². The molecule has 2 N–H and O–H groups in total. The molecular weight excluding hydrogens is 280 g/mol. The van der Waals surface area contributed by atoms with E-state index in [1.165, 1.54) is 0 Å². The summed E-state index contributed by atoms with van der Waals surface area (Å²) in [6, 6.07) is 7.90. The monoisotopic (exact) mass is 306 g/mol. The molecule has 0 bridgehead atoms. The second kappa shape index (κ2) is 8.15. The third kappa shape index (κ3) is 4.71. The fraction of sp³-hybridized carbons (Fsp3) is 0.588. The fourth-order valence-electron chi connectivity index (χ4n) is 2.90. The molecule has 1 aliphatic rings. The Morgan fingerprint density at radius 2 is 2.00 bits per heavy atom. The topological polar surface area (TPSA) is 61.8 Å². The number of benzene rings is 1. The summed E-state index contributed by atoms with van der Waals surface area (Å²) in [7, 11) is 3.45. The third-order valence-electron chi connectivity index (χ3n) is 4.25. The van der Waals surface area contributed by atoms with Gasteiger partial charge in [-0.1, -0.05) is 30.7 Å². The number of nitrogens with zero attached hydrogens (tertiary/aromatic N) is 1. The van der Waals surface area contributed by atoms with E-state index in [9.17, 15) is 9.90 Å². The van der Waals surface area contributed by atoms with Crippen molar-refractivity contribution in [1.29, 1.82) is 0 Å². The van der Waals surface area contributed by atoms with Gasteiger partial charge in [0, 0.05) is 33.2 Å². The molecule has 0 saturated heterocycles. The summed E-state index contributed by atoms with van der Waals surface area (Å²) in [6.45, 7) is 1.71. The van der Waals surface area contributed by atoms with Gasteiger partial charge < -0.3 is 20.1 Å². The smallest absolute Gasteiger partial charge is 0.317 e. The molecule has 1 fully saturated rings. The van der Waals surface area contributed by atoms with E-state index in [0.717, 1.165) is 30.4 Å². The van der Waals surface area contributed by atoms with E-state index in [2.05, 4.69) is 5.32 Å². The summed E-state index contributed by atoms with van der Waals surface area (Å²) < 4.78 is 5.07. The van der Waals surface area contributed by atoms with E-state index >= 15 is 0 Å². The van der Waals surface area contributed by atoms with Crippen molar-refractivity contribution < 1.29 is 14.6 Å². The van der Waals surface area contributed by atoms with Crippen molar-refractivity contribution in [2.45, 2.75) is 38.5 Å². The van der Waals surface area contributed by atoms with Gasteiger partial charge in [-0.3, -0.25) is 0 Å². The highest BCUT2D eigenvalue weighted by atomic mass is 16.5. The van der Waals surface area contributed by atoms with Gasteiger partial charge in [-0.05, 0) is 24.0 Å². The lowest BCUT2D eigenvalue weighted by molar-refractivity contribution is 0.114. The molecule has 0 radical (unpaired) electrons. The molecule has 5 nitrogen and oxygen atoms in total. The molecule has 2 amide bonds. The minimum absolute atomic E-state index is 0.0972.